The molecule has 4 N–H and O–H groups in total. The molecule has 0 spiro atoms. The minimum atomic E-state index is -0.481. The maximum absolute atomic E-state index is 11.1. The summed E-state index contributed by atoms with van der Waals surface area (Å²) in [7, 11) is 0. The third kappa shape index (κ3) is 6.61. The van der Waals surface area contributed by atoms with E-state index in [1.54, 1.807) is 20.0 Å². The number of nitrogens with two attached hydrogens (primary N) is 2. The lowest BCUT2D eigenvalue weighted by molar-refractivity contribution is -0.125. The minimum Gasteiger partial charge on any atom is -0.401 e. The van der Waals surface area contributed by atoms with E-state index in [1.807, 2.05) is 27.7 Å². The first-order valence-corrected chi connectivity index (χ1v) is 6.07. The normalized spacial score (nSPS) is 13.6. The molecule has 0 rings (SSSR count). The van der Waals surface area contributed by atoms with Gasteiger partial charge in [0.25, 0.3) is 0 Å². The molecule has 18 heavy (non-hydrogen) atoms. The minimum absolute atomic E-state index is 0.111. The molecule has 0 amide bonds. The van der Waals surface area contributed by atoms with Crippen molar-refractivity contribution in [2.24, 2.45) is 11.6 Å². The summed E-state index contributed by atoms with van der Waals surface area (Å²) in [5, 5.41) is 1.53. The van der Waals surface area contributed by atoms with Gasteiger partial charge >= 0.3 is 0 Å². The van der Waals surface area contributed by atoms with Crippen LogP contribution in [0.5, 0.6) is 0 Å². The molecule has 0 bridgehead atoms. The Kier molecular flexibility index (Phi) is 5.83. The van der Waals surface area contributed by atoms with Crippen molar-refractivity contribution in [2.45, 2.75) is 59.1 Å². The molecule has 0 aliphatic rings. The van der Waals surface area contributed by atoms with Crippen LogP contribution in [0.15, 0.2) is 11.9 Å². The van der Waals surface area contributed by atoms with Gasteiger partial charge in [-0.1, -0.05) is 0 Å². The molecule has 0 unspecified atom stereocenters. The Labute approximate surface area is 110 Å². The molecule has 0 aromatic carbocycles. The first-order valence-electron chi connectivity index (χ1n) is 6.07. The van der Waals surface area contributed by atoms with E-state index in [-0.39, 0.29) is 5.78 Å². The number of hydrogen-bond acceptors (Lipinski definition) is 5. The third-order valence-corrected chi connectivity index (χ3v) is 2.53. The highest BCUT2D eigenvalue weighted by Crippen LogP contribution is 2.20. The molecule has 0 radical (unpaired) electrons. The third-order valence-electron chi connectivity index (χ3n) is 2.53. The lowest BCUT2D eigenvalue weighted by Gasteiger charge is -2.37. The number of hydrogen-bond donors (Lipinski definition) is 2. The van der Waals surface area contributed by atoms with Crippen LogP contribution in [0.1, 0.15) is 48.0 Å². The van der Waals surface area contributed by atoms with Gasteiger partial charge in [0, 0.05) is 18.3 Å². The molecule has 0 heterocycles. The lowest BCUT2D eigenvalue weighted by atomic mass is 10.0. The largest absolute Gasteiger partial charge is 0.401 e. The van der Waals surface area contributed by atoms with Gasteiger partial charge in [-0.05, 0) is 41.5 Å². The van der Waals surface area contributed by atoms with E-state index in [1.165, 1.54) is 5.01 Å². The quantitative estimate of drug-likeness (QED) is 0.534. The monoisotopic (exact) mass is 257 g/mol. The SMILES string of the molecule is CC(=O)CC(C)(C)OCC(C)(C)N(N)/C=C(/C)N. The Morgan fingerprint density at radius 2 is 1.78 bits per heavy atom. The fraction of sp³-hybridized carbons (Fsp3) is 0.769. The van der Waals surface area contributed by atoms with Gasteiger partial charge in [-0.2, -0.15) is 0 Å². The van der Waals surface area contributed by atoms with Crippen molar-refractivity contribution in [3.8, 4) is 0 Å². The zero-order valence-electron chi connectivity index (χ0n) is 12.4. The number of allylic oxidation sites excluding steroid dienone is 1. The van der Waals surface area contributed by atoms with Crippen LogP contribution in [-0.4, -0.2) is 28.5 Å². The van der Waals surface area contributed by atoms with Crippen LogP contribution in [0.4, 0.5) is 0 Å². The van der Waals surface area contributed by atoms with Gasteiger partial charge in [-0.15, -0.1) is 0 Å². The van der Waals surface area contributed by atoms with E-state index in [0.717, 1.165) is 0 Å². The molecular weight excluding hydrogens is 230 g/mol. The van der Waals surface area contributed by atoms with Crippen molar-refractivity contribution >= 4 is 5.78 Å². The Morgan fingerprint density at radius 1 is 1.28 bits per heavy atom. The van der Waals surface area contributed by atoms with Gasteiger partial charge < -0.3 is 15.5 Å². The summed E-state index contributed by atoms with van der Waals surface area (Å²) in [5.41, 5.74) is 5.35. The molecular formula is C13H27N3O2. The number of nitrogens with zero attached hydrogens (tertiary/aromatic N) is 1. The van der Waals surface area contributed by atoms with Crippen molar-refractivity contribution in [1.82, 2.24) is 5.01 Å². The van der Waals surface area contributed by atoms with E-state index < -0.39 is 11.1 Å². The van der Waals surface area contributed by atoms with Crippen molar-refractivity contribution in [3.05, 3.63) is 11.9 Å². The molecule has 0 aliphatic carbocycles. The molecule has 0 saturated heterocycles. The van der Waals surface area contributed by atoms with Gasteiger partial charge in [0.05, 0.1) is 17.7 Å². The second kappa shape index (κ2) is 6.20. The molecule has 5 heteroatoms. The number of carbonyl (C=O) groups is 1. The first-order chi connectivity index (χ1) is 7.96. The summed E-state index contributed by atoms with van der Waals surface area (Å²) >= 11 is 0. The zero-order valence-corrected chi connectivity index (χ0v) is 12.4. The number of ketones is 1. The molecule has 0 fully saturated rings. The first kappa shape index (κ1) is 16.9. The Hall–Kier alpha value is -1.07. The molecule has 5 nitrogen and oxygen atoms in total. The number of rotatable bonds is 7. The standard InChI is InChI=1S/C13H27N3O2/c1-10(14)8-16(15)12(3,4)9-18-13(5,6)7-11(2)17/h8H,7,9,14-15H2,1-6H3/b10-8-. The zero-order chi connectivity index (χ0) is 14.6. The van der Waals surface area contributed by atoms with Crippen LogP contribution in [0.2, 0.25) is 0 Å². The molecule has 0 saturated carbocycles. The highest BCUT2D eigenvalue weighted by atomic mass is 16.5. The van der Waals surface area contributed by atoms with Crippen LogP contribution in [0, 0.1) is 0 Å². The van der Waals surface area contributed by atoms with Crippen LogP contribution in [-0.2, 0) is 9.53 Å². The van der Waals surface area contributed by atoms with E-state index in [4.69, 9.17) is 16.3 Å². The maximum Gasteiger partial charge on any atom is 0.132 e. The molecule has 106 valence electrons. The molecule has 0 aliphatic heterocycles. The van der Waals surface area contributed by atoms with Crippen LogP contribution < -0.4 is 11.6 Å². The van der Waals surface area contributed by atoms with Crippen molar-refractivity contribution in [2.75, 3.05) is 6.61 Å². The van der Waals surface area contributed by atoms with Gasteiger partial charge in [0.1, 0.15) is 5.78 Å². The van der Waals surface area contributed by atoms with Gasteiger partial charge in [-0.3, -0.25) is 4.79 Å². The van der Waals surface area contributed by atoms with Crippen molar-refractivity contribution < 1.29 is 9.53 Å². The Balaban J connectivity index is 4.51. The summed E-state index contributed by atoms with van der Waals surface area (Å²) in [4.78, 5) is 11.1. The van der Waals surface area contributed by atoms with Gasteiger partial charge in [-0.25, -0.2) is 5.84 Å². The number of ether oxygens (including phenoxy) is 1. The fourth-order valence-corrected chi connectivity index (χ4v) is 1.49. The molecule has 0 aromatic heterocycles. The molecule has 0 atom stereocenters. The average molecular weight is 257 g/mol. The summed E-state index contributed by atoms with van der Waals surface area (Å²) in [5.74, 6) is 6.02. The van der Waals surface area contributed by atoms with Gasteiger partial charge in [0.15, 0.2) is 0 Å². The average Bonchev–Trinajstić information content (AvgIpc) is 2.12. The number of Topliss-reactive ketones (excluding diaryl/α,β-unsaturated/α-hetero) is 1. The summed E-state index contributed by atoms with van der Waals surface area (Å²) in [6.07, 6.45) is 2.06. The number of hydrazine groups is 1. The highest BCUT2D eigenvalue weighted by molar-refractivity contribution is 5.76. The van der Waals surface area contributed by atoms with Crippen LogP contribution in [0.25, 0.3) is 0 Å². The molecule has 0 aromatic rings. The van der Waals surface area contributed by atoms with Crippen LogP contribution in [0.3, 0.4) is 0 Å². The van der Waals surface area contributed by atoms with Crippen LogP contribution >= 0.6 is 0 Å². The van der Waals surface area contributed by atoms with Crippen molar-refractivity contribution in [1.29, 1.82) is 0 Å². The van der Waals surface area contributed by atoms with E-state index in [2.05, 4.69) is 0 Å². The fourth-order valence-electron chi connectivity index (χ4n) is 1.49. The summed E-state index contributed by atoms with van der Waals surface area (Å²) < 4.78 is 5.80. The maximum atomic E-state index is 11.1. The second-order valence-electron chi connectivity index (χ2n) is 6.02. The Morgan fingerprint density at radius 3 is 2.17 bits per heavy atom. The van der Waals surface area contributed by atoms with E-state index in [0.29, 0.717) is 18.7 Å². The van der Waals surface area contributed by atoms with E-state index in [9.17, 15) is 4.79 Å². The Bertz CT molecular complexity index is 318. The van der Waals surface area contributed by atoms with Crippen molar-refractivity contribution in [3.63, 3.8) is 0 Å². The second-order valence-corrected chi connectivity index (χ2v) is 6.02. The topological polar surface area (TPSA) is 81.6 Å². The van der Waals surface area contributed by atoms with E-state index >= 15 is 0 Å². The smallest absolute Gasteiger partial charge is 0.132 e. The predicted molar refractivity (Wildman–Crippen MR) is 73.4 cm³/mol. The lowest BCUT2D eigenvalue weighted by Crippen LogP contribution is -2.50. The number of carbonyl (C=O) groups excluding carboxylic acids is 1. The highest BCUT2D eigenvalue weighted by Gasteiger charge is 2.28. The van der Waals surface area contributed by atoms with Gasteiger partial charge in [0.2, 0.25) is 0 Å². The predicted octanol–water partition coefficient (Wildman–Crippen LogP) is 1.54. The summed E-state index contributed by atoms with van der Waals surface area (Å²) in [6, 6.07) is 0. The summed E-state index contributed by atoms with van der Waals surface area (Å²) in [6.45, 7) is 11.5.